The van der Waals surface area contributed by atoms with Crippen LogP contribution in [0, 0.1) is 0 Å². The molecule has 0 aliphatic heterocycles. The molecule has 1 aliphatic rings. The minimum Gasteiger partial charge on any atom is -0.458 e. The molecule has 37 heavy (non-hydrogen) atoms. The minimum atomic E-state index is -0.894. The molecule has 3 aromatic carbocycles. The first kappa shape index (κ1) is 24.5. The second-order valence-corrected chi connectivity index (χ2v) is 10.3. The number of benzene rings is 3. The molecule has 5 rings (SSSR count). The summed E-state index contributed by atoms with van der Waals surface area (Å²) >= 11 is 0. The molecule has 6 heteroatoms. The van der Waals surface area contributed by atoms with Crippen LogP contribution in [0.15, 0.2) is 85.2 Å². The average Bonchev–Trinajstić information content (AvgIpc) is 3.20. The van der Waals surface area contributed by atoms with Gasteiger partial charge < -0.3 is 14.8 Å². The van der Waals surface area contributed by atoms with E-state index in [1.807, 2.05) is 48.5 Å². The number of esters is 1. The molecule has 4 aromatic rings. The van der Waals surface area contributed by atoms with Crippen LogP contribution in [0.4, 0.5) is 4.79 Å². The number of rotatable bonds is 6. The third-order valence-electron chi connectivity index (χ3n) is 6.47. The van der Waals surface area contributed by atoms with Crippen molar-refractivity contribution in [3.8, 4) is 11.1 Å². The van der Waals surface area contributed by atoms with Crippen LogP contribution >= 0.6 is 0 Å². The van der Waals surface area contributed by atoms with E-state index >= 15 is 0 Å². The SMILES string of the molecule is CC(C)(C)OC(=O)C(Cc1ccc2cnccc2c1)NC(=O)OCC1c2ccccc2-c2ccccc21. The molecule has 1 aliphatic carbocycles. The molecule has 6 nitrogen and oxygen atoms in total. The van der Waals surface area contributed by atoms with Crippen LogP contribution in [-0.2, 0) is 20.7 Å². The Morgan fingerprint density at radius 3 is 2.27 bits per heavy atom. The van der Waals surface area contributed by atoms with Gasteiger partial charge in [0, 0.05) is 30.1 Å². The summed E-state index contributed by atoms with van der Waals surface area (Å²) in [6, 6.07) is 23.2. The summed E-state index contributed by atoms with van der Waals surface area (Å²) < 4.78 is 11.3. The number of ether oxygens (including phenoxy) is 2. The van der Waals surface area contributed by atoms with E-state index in [1.165, 1.54) is 0 Å². The van der Waals surface area contributed by atoms with Crippen molar-refractivity contribution < 1.29 is 19.1 Å². The topological polar surface area (TPSA) is 77.5 Å². The summed E-state index contributed by atoms with van der Waals surface area (Å²) in [6.45, 7) is 5.58. The van der Waals surface area contributed by atoms with Crippen LogP contribution in [0.5, 0.6) is 0 Å². The van der Waals surface area contributed by atoms with E-state index in [0.29, 0.717) is 0 Å². The largest absolute Gasteiger partial charge is 0.458 e. The summed E-state index contributed by atoms with van der Waals surface area (Å²) in [5.74, 6) is -0.567. The monoisotopic (exact) mass is 494 g/mol. The highest BCUT2D eigenvalue weighted by molar-refractivity contribution is 5.84. The van der Waals surface area contributed by atoms with Gasteiger partial charge in [-0.1, -0.05) is 66.7 Å². The molecule has 1 atom stereocenters. The molecular weight excluding hydrogens is 464 g/mol. The van der Waals surface area contributed by atoms with Gasteiger partial charge in [-0.15, -0.1) is 0 Å². The number of alkyl carbamates (subject to hydrolysis) is 1. The second kappa shape index (κ2) is 10.1. The molecule has 0 fully saturated rings. The third kappa shape index (κ3) is 5.48. The quantitative estimate of drug-likeness (QED) is 0.331. The van der Waals surface area contributed by atoms with Crippen LogP contribution in [0.3, 0.4) is 0 Å². The Hall–Kier alpha value is -4.19. The molecule has 0 spiro atoms. The first-order valence-electron chi connectivity index (χ1n) is 12.5. The number of carbonyl (C=O) groups excluding carboxylic acids is 2. The Labute approximate surface area is 216 Å². The molecule has 0 saturated carbocycles. The number of pyridine rings is 1. The number of nitrogens with one attached hydrogen (secondary N) is 1. The number of nitrogens with zero attached hydrogens (tertiary/aromatic N) is 1. The van der Waals surface area contributed by atoms with Gasteiger partial charge >= 0.3 is 12.1 Å². The molecule has 0 radical (unpaired) electrons. The molecule has 0 bridgehead atoms. The molecule has 0 saturated heterocycles. The molecule has 1 N–H and O–H groups in total. The summed E-state index contributed by atoms with van der Waals surface area (Å²) in [5, 5.41) is 4.77. The number of aromatic nitrogens is 1. The van der Waals surface area contributed by atoms with E-state index in [-0.39, 0.29) is 18.9 Å². The molecule has 188 valence electrons. The van der Waals surface area contributed by atoms with Crippen molar-refractivity contribution in [1.29, 1.82) is 0 Å². The van der Waals surface area contributed by atoms with Crippen LogP contribution in [0.25, 0.3) is 21.9 Å². The molecule has 1 unspecified atom stereocenters. The van der Waals surface area contributed by atoms with Gasteiger partial charge in [0.2, 0.25) is 0 Å². The Morgan fingerprint density at radius 2 is 1.59 bits per heavy atom. The van der Waals surface area contributed by atoms with E-state index in [1.54, 1.807) is 33.2 Å². The van der Waals surface area contributed by atoms with Crippen molar-refractivity contribution in [3.63, 3.8) is 0 Å². The Balaban J connectivity index is 1.31. The number of fused-ring (bicyclic) bond motifs is 4. The minimum absolute atomic E-state index is 0.0628. The first-order valence-corrected chi connectivity index (χ1v) is 12.5. The Kier molecular flexibility index (Phi) is 6.66. The fourth-order valence-electron chi connectivity index (χ4n) is 4.84. The van der Waals surface area contributed by atoms with Crippen molar-refractivity contribution in [3.05, 3.63) is 102 Å². The third-order valence-corrected chi connectivity index (χ3v) is 6.47. The van der Waals surface area contributed by atoms with Crippen LogP contribution in [-0.4, -0.2) is 35.3 Å². The Morgan fingerprint density at radius 1 is 0.919 bits per heavy atom. The maximum absolute atomic E-state index is 13.0. The number of carbonyl (C=O) groups is 2. The van der Waals surface area contributed by atoms with Gasteiger partial charge in [-0.05, 0) is 60.0 Å². The van der Waals surface area contributed by atoms with Crippen molar-refractivity contribution in [2.24, 2.45) is 0 Å². The summed E-state index contributed by atoms with van der Waals surface area (Å²) in [5.41, 5.74) is 4.79. The predicted octanol–water partition coefficient (Wildman–Crippen LogP) is 6.03. The molecule has 1 amide bonds. The standard InChI is InChI=1S/C31H30N2O4/c1-31(2,3)37-29(34)28(17-20-12-13-22-18-32-15-14-21(22)16-20)33-30(35)36-19-27-25-10-6-4-8-23(25)24-9-5-7-11-26(24)27/h4-16,18,27-28H,17,19H2,1-3H3,(H,33,35). The highest BCUT2D eigenvalue weighted by Gasteiger charge is 2.31. The van der Waals surface area contributed by atoms with Crippen molar-refractivity contribution in [2.75, 3.05) is 6.61 Å². The van der Waals surface area contributed by atoms with Crippen molar-refractivity contribution in [2.45, 2.75) is 44.8 Å². The summed E-state index contributed by atoms with van der Waals surface area (Å²) in [7, 11) is 0. The van der Waals surface area contributed by atoms with E-state index in [2.05, 4.69) is 34.6 Å². The highest BCUT2D eigenvalue weighted by atomic mass is 16.6. The first-order chi connectivity index (χ1) is 17.8. The lowest BCUT2D eigenvalue weighted by molar-refractivity contribution is -0.157. The van der Waals surface area contributed by atoms with Gasteiger partial charge in [0.15, 0.2) is 0 Å². The van der Waals surface area contributed by atoms with E-state index < -0.39 is 23.7 Å². The molecule has 1 heterocycles. The van der Waals surface area contributed by atoms with Crippen LogP contribution in [0.1, 0.15) is 43.4 Å². The maximum atomic E-state index is 13.0. The molecule has 1 aromatic heterocycles. The maximum Gasteiger partial charge on any atom is 0.407 e. The zero-order chi connectivity index (χ0) is 26.0. The van der Waals surface area contributed by atoms with E-state index in [0.717, 1.165) is 38.6 Å². The van der Waals surface area contributed by atoms with Gasteiger partial charge in [-0.2, -0.15) is 0 Å². The van der Waals surface area contributed by atoms with Gasteiger partial charge in [0.05, 0.1) is 0 Å². The number of hydrogen-bond donors (Lipinski definition) is 1. The normalized spacial score (nSPS) is 13.5. The van der Waals surface area contributed by atoms with E-state index in [9.17, 15) is 9.59 Å². The van der Waals surface area contributed by atoms with E-state index in [4.69, 9.17) is 9.47 Å². The number of amides is 1. The average molecular weight is 495 g/mol. The highest BCUT2D eigenvalue weighted by Crippen LogP contribution is 2.44. The van der Waals surface area contributed by atoms with Gasteiger partial charge in [0.25, 0.3) is 0 Å². The van der Waals surface area contributed by atoms with Crippen molar-refractivity contribution >= 4 is 22.8 Å². The lowest BCUT2D eigenvalue weighted by atomic mass is 9.98. The second-order valence-electron chi connectivity index (χ2n) is 10.3. The van der Waals surface area contributed by atoms with Crippen LogP contribution < -0.4 is 5.32 Å². The number of hydrogen-bond acceptors (Lipinski definition) is 5. The van der Waals surface area contributed by atoms with Crippen LogP contribution in [0.2, 0.25) is 0 Å². The van der Waals surface area contributed by atoms with Gasteiger partial charge in [-0.3, -0.25) is 4.98 Å². The smallest absolute Gasteiger partial charge is 0.407 e. The zero-order valence-electron chi connectivity index (χ0n) is 21.2. The summed E-state index contributed by atoms with van der Waals surface area (Å²) in [6.07, 6.45) is 3.14. The van der Waals surface area contributed by atoms with Gasteiger partial charge in [-0.25, -0.2) is 9.59 Å². The fraction of sp³-hybridized carbons (Fsp3) is 0.258. The summed E-state index contributed by atoms with van der Waals surface area (Å²) in [4.78, 5) is 30.2. The lowest BCUT2D eigenvalue weighted by Crippen LogP contribution is -2.46. The van der Waals surface area contributed by atoms with Crippen molar-refractivity contribution in [1.82, 2.24) is 10.3 Å². The molecular formula is C31H30N2O4. The lowest BCUT2D eigenvalue weighted by Gasteiger charge is -2.25. The van der Waals surface area contributed by atoms with Gasteiger partial charge in [0.1, 0.15) is 18.2 Å². The fourth-order valence-corrected chi connectivity index (χ4v) is 4.84. The Bertz CT molecular complexity index is 1410. The zero-order valence-corrected chi connectivity index (χ0v) is 21.2. The predicted molar refractivity (Wildman–Crippen MR) is 143 cm³/mol.